The number of alkyl halides is 6. The fourth-order valence-electron chi connectivity index (χ4n) is 2.16. The van der Waals surface area contributed by atoms with Gasteiger partial charge in [-0.1, -0.05) is 12.2 Å². The molecule has 2 nitrogen and oxygen atoms in total. The Labute approximate surface area is 141 Å². The van der Waals surface area contributed by atoms with Crippen LogP contribution in [-0.4, -0.2) is 28.5 Å². The lowest BCUT2D eigenvalue weighted by atomic mass is 9.97. The summed E-state index contributed by atoms with van der Waals surface area (Å²) in [5.41, 5.74) is -5.37. The second-order valence-electron chi connectivity index (χ2n) is 4.87. The Balaban J connectivity index is 2.47. The lowest BCUT2D eigenvalue weighted by Crippen LogP contribution is -2.29. The lowest BCUT2D eigenvalue weighted by Gasteiger charge is -2.18. The van der Waals surface area contributed by atoms with Crippen molar-refractivity contribution < 1.29 is 36.2 Å². The van der Waals surface area contributed by atoms with Gasteiger partial charge in [0.25, 0.3) is 0 Å². The molecular weight excluding hydrogens is 378 g/mol. The summed E-state index contributed by atoms with van der Waals surface area (Å²) in [6.45, 7) is 0. The zero-order chi connectivity index (χ0) is 18.1. The summed E-state index contributed by atoms with van der Waals surface area (Å²) in [7, 11) is 0. The number of rotatable bonds is 2. The minimum atomic E-state index is -4.75. The van der Waals surface area contributed by atoms with Crippen molar-refractivity contribution in [1.29, 1.82) is 0 Å². The molecule has 1 aliphatic heterocycles. The molecule has 0 aromatic heterocycles. The van der Waals surface area contributed by atoms with Crippen LogP contribution in [0.3, 0.4) is 0 Å². The molecule has 1 atom stereocenters. The van der Waals surface area contributed by atoms with Gasteiger partial charge >= 0.3 is 17.7 Å². The van der Waals surface area contributed by atoms with E-state index in [9.17, 15) is 31.1 Å². The molecule has 0 fully saturated rings. The Morgan fingerprint density at radius 2 is 1.83 bits per heavy atom. The molecule has 0 spiro atoms. The maximum Gasteiger partial charge on any atom is 0.446 e. The number of fused-ring (bicyclic) bond motifs is 1. The molecule has 0 aromatic carbocycles. The number of carbonyl (C=O) groups is 1. The van der Waals surface area contributed by atoms with Gasteiger partial charge in [-0.15, -0.1) is 11.8 Å². The number of aliphatic carboxylic acids is 1. The lowest BCUT2D eigenvalue weighted by molar-refractivity contribution is -0.164. The van der Waals surface area contributed by atoms with E-state index >= 15 is 0 Å². The zero-order valence-electron chi connectivity index (χ0n) is 11.7. The highest BCUT2D eigenvalue weighted by atomic mass is 32.2. The molecule has 1 aliphatic carbocycles. The van der Waals surface area contributed by atoms with Crippen LogP contribution in [0.1, 0.15) is 6.42 Å². The number of hydrogen-bond acceptors (Lipinski definition) is 3. The van der Waals surface area contributed by atoms with Gasteiger partial charge in [0.05, 0.1) is 11.5 Å². The maximum absolute atomic E-state index is 13.1. The summed E-state index contributed by atoms with van der Waals surface area (Å²) in [5, 5.41) is 9.09. The Morgan fingerprint density at radius 1 is 1.17 bits per heavy atom. The molecule has 10 heteroatoms. The zero-order valence-corrected chi connectivity index (χ0v) is 13.4. The number of halogens is 6. The van der Waals surface area contributed by atoms with E-state index in [0.717, 1.165) is 23.9 Å². The summed E-state index contributed by atoms with van der Waals surface area (Å²) >= 11 is 0.404. The minimum Gasteiger partial charge on any atom is -0.478 e. The number of carboxylic acids is 1. The average molecular weight is 388 g/mol. The van der Waals surface area contributed by atoms with E-state index in [0.29, 0.717) is 4.91 Å². The molecule has 2 rings (SSSR count). The summed E-state index contributed by atoms with van der Waals surface area (Å²) in [6.07, 6.45) is 0.0566. The van der Waals surface area contributed by atoms with Gasteiger partial charge in [-0.2, -0.15) is 26.3 Å². The molecule has 1 heterocycles. The topological polar surface area (TPSA) is 37.3 Å². The predicted molar refractivity (Wildman–Crippen MR) is 80.2 cm³/mol. The Hall–Kier alpha value is -1.29. The molecule has 0 saturated carbocycles. The fraction of sp³-hybridized carbons (Fsp3) is 0.357. The van der Waals surface area contributed by atoms with E-state index < -0.39 is 34.9 Å². The van der Waals surface area contributed by atoms with E-state index in [1.807, 2.05) is 0 Å². The van der Waals surface area contributed by atoms with Crippen molar-refractivity contribution in [2.75, 3.05) is 5.75 Å². The first-order valence-electron chi connectivity index (χ1n) is 6.50. The number of thioether (sulfide) groups is 2. The van der Waals surface area contributed by atoms with Gasteiger partial charge in [-0.05, 0) is 35.9 Å². The van der Waals surface area contributed by atoms with Crippen molar-refractivity contribution in [2.24, 2.45) is 5.92 Å². The minimum absolute atomic E-state index is 0.0460. The van der Waals surface area contributed by atoms with Gasteiger partial charge < -0.3 is 5.11 Å². The number of carboxylic acid groups (broad SMARTS) is 1. The SMILES string of the molecule is O=C(O)C1=CC2=CC(SC(F)(F)F)=CCC=C2SCC1C(F)(F)F. The normalized spacial score (nSPS) is 22.3. The van der Waals surface area contributed by atoms with Crippen LogP contribution < -0.4 is 0 Å². The summed E-state index contributed by atoms with van der Waals surface area (Å²) in [4.78, 5) is 11.4. The van der Waals surface area contributed by atoms with Gasteiger partial charge in [0.2, 0.25) is 0 Å². The summed E-state index contributed by atoms with van der Waals surface area (Å²) < 4.78 is 76.7. The van der Waals surface area contributed by atoms with Crippen molar-refractivity contribution in [3.05, 3.63) is 45.3 Å². The molecule has 132 valence electrons. The highest BCUT2D eigenvalue weighted by Gasteiger charge is 2.45. The van der Waals surface area contributed by atoms with Crippen LogP contribution in [0.2, 0.25) is 0 Å². The molecule has 0 bridgehead atoms. The van der Waals surface area contributed by atoms with Crippen molar-refractivity contribution in [2.45, 2.75) is 18.1 Å². The van der Waals surface area contributed by atoms with E-state index in [1.165, 1.54) is 12.2 Å². The first kappa shape index (κ1) is 19.0. The van der Waals surface area contributed by atoms with Crippen molar-refractivity contribution in [3.63, 3.8) is 0 Å². The predicted octanol–water partition coefficient (Wildman–Crippen LogP) is 5.27. The second-order valence-corrected chi connectivity index (χ2v) is 7.07. The largest absolute Gasteiger partial charge is 0.478 e. The quantitative estimate of drug-likeness (QED) is 0.654. The molecule has 2 aliphatic rings. The third kappa shape index (κ3) is 4.85. The maximum atomic E-state index is 13.1. The first-order chi connectivity index (χ1) is 11.0. The molecule has 1 unspecified atom stereocenters. The van der Waals surface area contributed by atoms with Gasteiger partial charge in [-0.25, -0.2) is 4.79 Å². The van der Waals surface area contributed by atoms with E-state index in [-0.39, 0.29) is 28.7 Å². The van der Waals surface area contributed by atoms with Crippen LogP contribution in [0.15, 0.2) is 45.3 Å². The third-order valence-corrected chi connectivity index (χ3v) is 5.14. The van der Waals surface area contributed by atoms with E-state index in [1.54, 1.807) is 0 Å². The molecule has 0 saturated heterocycles. The fourth-order valence-corrected chi connectivity index (χ4v) is 4.00. The van der Waals surface area contributed by atoms with Crippen LogP contribution in [0.5, 0.6) is 0 Å². The van der Waals surface area contributed by atoms with Crippen LogP contribution in [0.25, 0.3) is 0 Å². The van der Waals surface area contributed by atoms with Crippen LogP contribution in [0.4, 0.5) is 26.3 Å². The summed E-state index contributed by atoms with van der Waals surface area (Å²) in [5.74, 6) is -4.46. The molecule has 0 radical (unpaired) electrons. The highest BCUT2D eigenvalue weighted by molar-refractivity contribution is 8.04. The van der Waals surface area contributed by atoms with Crippen molar-refractivity contribution >= 4 is 29.5 Å². The standard InChI is InChI=1S/C14H10F6O2S2/c15-13(16,17)10-6-23-11-3-1-2-8(24-14(18,19)20)4-7(11)5-9(10)12(21)22/h2-5,10H,1,6H2,(H,21,22). The molecule has 24 heavy (non-hydrogen) atoms. The third-order valence-electron chi connectivity index (χ3n) is 3.17. The van der Waals surface area contributed by atoms with Gasteiger partial charge in [-0.3, -0.25) is 0 Å². The smallest absolute Gasteiger partial charge is 0.446 e. The van der Waals surface area contributed by atoms with Gasteiger partial charge in [0, 0.05) is 15.6 Å². The van der Waals surface area contributed by atoms with Gasteiger partial charge in [0.1, 0.15) is 0 Å². The van der Waals surface area contributed by atoms with E-state index in [4.69, 9.17) is 5.11 Å². The highest BCUT2D eigenvalue weighted by Crippen LogP contribution is 2.45. The van der Waals surface area contributed by atoms with Crippen LogP contribution >= 0.6 is 23.5 Å². The molecule has 0 amide bonds. The van der Waals surface area contributed by atoms with Gasteiger partial charge in [0.15, 0.2) is 0 Å². The Morgan fingerprint density at radius 3 is 2.38 bits per heavy atom. The first-order valence-corrected chi connectivity index (χ1v) is 8.30. The molecular formula is C14H10F6O2S2. The number of hydrogen-bond donors (Lipinski definition) is 1. The average Bonchev–Trinajstić information content (AvgIpc) is 2.66. The Bertz CT molecular complexity index is 655. The monoisotopic (exact) mass is 388 g/mol. The van der Waals surface area contributed by atoms with Crippen molar-refractivity contribution in [3.8, 4) is 0 Å². The van der Waals surface area contributed by atoms with Crippen molar-refractivity contribution in [1.82, 2.24) is 0 Å². The van der Waals surface area contributed by atoms with E-state index in [2.05, 4.69) is 0 Å². The molecule has 1 N–H and O–H groups in total. The number of allylic oxidation sites excluding steroid dienone is 5. The van der Waals surface area contributed by atoms with Crippen LogP contribution in [-0.2, 0) is 4.79 Å². The second kappa shape index (κ2) is 6.91. The van der Waals surface area contributed by atoms with Crippen LogP contribution in [0, 0.1) is 5.92 Å². The molecule has 0 aromatic rings. The Kier molecular flexibility index (Phi) is 5.48. The summed E-state index contributed by atoms with van der Waals surface area (Å²) in [6, 6.07) is 0.